The number of carbonyl (C=O) groups is 1. The molecule has 0 spiro atoms. The molecule has 1 aromatic rings. The van der Waals surface area contributed by atoms with Crippen LogP contribution in [0.4, 0.5) is 10.1 Å². The van der Waals surface area contributed by atoms with Crippen LogP contribution in [0.5, 0.6) is 0 Å². The number of rotatable bonds is 4. The summed E-state index contributed by atoms with van der Waals surface area (Å²) in [6, 6.07) is 2.77. The second-order valence-corrected chi connectivity index (χ2v) is 7.17. The van der Waals surface area contributed by atoms with Gasteiger partial charge < -0.3 is 5.32 Å². The van der Waals surface area contributed by atoms with Crippen LogP contribution in [0.1, 0.15) is 23.2 Å². The highest BCUT2D eigenvalue weighted by molar-refractivity contribution is 7.92. The summed E-state index contributed by atoms with van der Waals surface area (Å²) < 4.78 is 36.4. The van der Waals surface area contributed by atoms with E-state index in [1.165, 1.54) is 0 Å². The summed E-state index contributed by atoms with van der Waals surface area (Å²) in [6.45, 7) is -0.0493. The Kier molecular flexibility index (Phi) is 4.21. The maximum absolute atomic E-state index is 13.2. The second kappa shape index (κ2) is 5.76. The first-order valence-electron chi connectivity index (χ1n) is 6.25. The first kappa shape index (κ1) is 15.4. The Morgan fingerprint density at radius 3 is 2.76 bits per heavy atom. The summed E-state index contributed by atoms with van der Waals surface area (Å²) in [7, 11) is -3.18. The van der Waals surface area contributed by atoms with Gasteiger partial charge in [0.1, 0.15) is 0 Å². The Balaban J connectivity index is 2.07. The topological polar surface area (TPSA) is 106 Å². The first-order chi connectivity index (χ1) is 9.81. The third-order valence-corrected chi connectivity index (χ3v) is 5.63. The Labute approximate surface area is 120 Å². The van der Waals surface area contributed by atoms with Gasteiger partial charge in [-0.15, -0.1) is 0 Å². The number of halogens is 1. The zero-order valence-electron chi connectivity index (χ0n) is 10.9. The molecule has 1 atom stereocenters. The number of hydrogen-bond acceptors (Lipinski definition) is 5. The molecule has 0 aromatic heterocycles. The molecule has 1 aromatic carbocycles. The maximum atomic E-state index is 13.2. The second-order valence-electron chi connectivity index (χ2n) is 4.76. The van der Waals surface area contributed by atoms with Gasteiger partial charge in [-0.3, -0.25) is 14.9 Å². The lowest BCUT2D eigenvalue weighted by Gasteiger charge is -2.10. The summed E-state index contributed by atoms with van der Waals surface area (Å²) >= 11 is 0. The highest BCUT2D eigenvalue weighted by atomic mass is 32.2. The lowest BCUT2D eigenvalue weighted by Crippen LogP contribution is -2.34. The van der Waals surface area contributed by atoms with E-state index < -0.39 is 37.4 Å². The van der Waals surface area contributed by atoms with E-state index >= 15 is 0 Å². The van der Waals surface area contributed by atoms with E-state index in [-0.39, 0.29) is 17.9 Å². The molecular weight excluding hydrogens is 303 g/mol. The quantitative estimate of drug-likeness (QED) is 0.660. The normalized spacial score (nSPS) is 20.1. The van der Waals surface area contributed by atoms with Crippen molar-refractivity contribution in [1.29, 1.82) is 0 Å². The number of nitrogens with zero attached hydrogens (tertiary/aromatic N) is 1. The molecule has 1 unspecified atom stereocenters. The predicted octanol–water partition coefficient (Wildman–Crippen LogP) is 1.04. The number of amides is 1. The van der Waals surface area contributed by atoms with Crippen molar-refractivity contribution < 1.29 is 22.5 Å². The standard InChI is InChI=1S/C12H13FN2O5S/c13-10-4-3-8(6-11(10)15(17)18)12(16)14-7-9-2-1-5-21(9,19)20/h3-4,6,9H,1-2,5,7H2,(H,14,16). The number of benzene rings is 1. The highest BCUT2D eigenvalue weighted by Crippen LogP contribution is 2.20. The van der Waals surface area contributed by atoms with E-state index in [9.17, 15) is 27.7 Å². The number of carbonyl (C=O) groups excluding carboxylic acids is 1. The molecule has 1 aliphatic heterocycles. The average molecular weight is 316 g/mol. The summed E-state index contributed by atoms with van der Waals surface area (Å²) in [5.74, 6) is -1.59. The van der Waals surface area contributed by atoms with Crippen molar-refractivity contribution in [3.63, 3.8) is 0 Å². The molecular formula is C12H13FN2O5S. The van der Waals surface area contributed by atoms with E-state index in [0.29, 0.717) is 12.8 Å². The van der Waals surface area contributed by atoms with Gasteiger partial charge >= 0.3 is 5.69 Å². The lowest BCUT2D eigenvalue weighted by molar-refractivity contribution is -0.387. The fraction of sp³-hybridized carbons (Fsp3) is 0.417. The third-order valence-electron chi connectivity index (χ3n) is 3.36. The van der Waals surface area contributed by atoms with Crippen LogP contribution in [-0.4, -0.2) is 36.8 Å². The molecule has 0 bridgehead atoms. The Hall–Kier alpha value is -2.03. The average Bonchev–Trinajstić information content (AvgIpc) is 2.75. The van der Waals surface area contributed by atoms with Gasteiger partial charge in [0.25, 0.3) is 5.91 Å². The van der Waals surface area contributed by atoms with Gasteiger partial charge in [0.2, 0.25) is 5.82 Å². The van der Waals surface area contributed by atoms with E-state index in [2.05, 4.69) is 5.32 Å². The van der Waals surface area contributed by atoms with Gasteiger partial charge in [-0.25, -0.2) is 8.42 Å². The minimum atomic E-state index is -3.18. The molecule has 9 heteroatoms. The SMILES string of the molecule is O=C(NCC1CCCS1(=O)=O)c1ccc(F)c([N+](=O)[O-])c1. The van der Waals surface area contributed by atoms with Gasteiger partial charge in [0, 0.05) is 18.2 Å². The summed E-state index contributed by atoms with van der Waals surface area (Å²) in [6.07, 6.45) is 1.04. The number of hydrogen-bond donors (Lipinski definition) is 1. The van der Waals surface area contributed by atoms with E-state index in [1.807, 2.05) is 0 Å². The third kappa shape index (κ3) is 3.35. The molecule has 0 radical (unpaired) electrons. The molecule has 1 N–H and O–H groups in total. The number of nitro benzene ring substituents is 1. The van der Waals surface area contributed by atoms with Crippen LogP contribution in [0.2, 0.25) is 0 Å². The first-order valence-corrected chi connectivity index (χ1v) is 7.96. The van der Waals surface area contributed by atoms with Crippen molar-refractivity contribution in [2.75, 3.05) is 12.3 Å². The summed E-state index contributed by atoms with van der Waals surface area (Å²) in [5.41, 5.74) is -0.880. The van der Waals surface area contributed by atoms with Gasteiger partial charge in [0.15, 0.2) is 9.84 Å². The number of nitrogens with one attached hydrogen (secondary N) is 1. The zero-order chi connectivity index (χ0) is 15.6. The molecule has 1 heterocycles. The van der Waals surface area contributed by atoms with Crippen molar-refractivity contribution >= 4 is 21.4 Å². The molecule has 2 rings (SSSR count). The molecule has 1 aliphatic rings. The summed E-state index contributed by atoms with van der Waals surface area (Å²) in [4.78, 5) is 21.5. The zero-order valence-corrected chi connectivity index (χ0v) is 11.7. The van der Waals surface area contributed by atoms with Crippen molar-refractivity contribution in [3.8, 4) is 0 Å². The molecule has 21 heavy (non-hydrogen) atoms. The maximum Gasteiger partial charge on any atom is 0.305 e. The minimum Gasteiger partial charge on any atom is -0.351 e. The van der Waals surface area contributed by atoms with E-state index in [4.69, 9.17) is 0 Å². The molecule has 0 saturated carbocycles. The van der Waals surface area contributed by atoms with Crippen LogP contribution in [-0.2, 0) is 9.84 Å². The van der Waals surface area contributed by atoms with Crippen molar-refractivity contribution in [2.45, 2.75) is 18.1 Å². The lowest BCUT2D eigenvalue weighted by atomic mass is 10.1. The van der Waals surface area contributed by atoms with Crippen LogP contribution in [0.25, 0.3) is 0 Å². The van der Waals surface area contributed by atoms with Crippen LogP contribution in [0.3, 0.4) is 0 Å². The minimum absolute atomic E-state index is 0.0493. The fourth-order valence-electron chi connectivity index (χ4n) is 2.19. The molecule has 1 amide bonds. The molecule has 7 nitrogen and oxygen atoms in total. The Morgan fingerprint density at radius 1 is 1.48 bits per heavy atom. The van der Waals surface area contributed by atoms with Crippen molar-refractivity contribution in [1.82, 2.24) is 5.32 Å². The number of sulfone groups is 1. The molecule has 1 saturated heterocycles. The Bertz CT molecular complexity index is 689. The molecule has 1 fully saturated rings. The van der Waals surface area contributed by atoms with Gasteiger partial charge in [-0.05, 0) is 25.0 Å². The molecule has 114 valence electrons. The molecule has 0 aliphatic carbocycles. The van der Waals surface area contributed by atoms with Gasteiger partial charge in [-0.1, -0.05) is 0 Å². The van der Waals surface area contributed by atoms with Gasteiger partial charge in [-0.2, -0.15) is 4.39 Å². The fourth-order valence-corrected chi connectivity index (χ4v) is 3.96. The monoisotopic (exact) mass is 316 g/mol. The van der Waals surface area contributed by atoms with E-state index in [0.717, 1.165) is 18.2 Å². The van der Waals surface area contributed by atoms with Crippen LogP contribution < -0.4 is 5.32 Å². The highest BCUT2D eigenvalue weighted by Gasteiger charge is 2.31. The van der Waals surface area contributed by atoms with Crippen molar-refractivity contribution in [3.05, 3.63) is 39.7 Å². The predicted molar refractivity (Wildman–Crippen MR) is 72.2 cm³/mol. The van der Waals surface area contributed by atoms with Crippen molar-refractivity contribution in [2.24, 2.45) is 0 Å². The van der Waals surface area contributed by atoms with Crippen LogP contribution in [0, 0.1) is 15.9 Å². The van der Waals surface area contributed by atoms with Crippen LogP contribution >= 0.6 is 0 Å². The largest absolute Gasteiger partial charge is 0.351 e. The van der Waals surface area contributed by atoms with E-state index in [1.54, 1.807) is 0 Å². The van der Waals surface area contributed by atoms with Gasteiger partial charge in [0.05, 0.1) is 15.9 Å². The van der Waals surface area contributed by atoms with Crippen LogP contribution in [0.15, 0.2) is 18.2 Å². The number of nitro groups is 1. The Morgan fingerprint density at radius 2 is 2.19 bits per heavy atom. The smallest absolute Gasteiger partial charge is 0.305 e. The summed E-state index contributed by atoms with van der Waals surface area (Å²) in [5, 5.41) is 12.4.